The highest BCUT2D eigenvalue weighted by atomic mass is 16.5. The van der Waals surface area contributed by atoms with Crippen molar-refractivity contribution in [3.63, 3.8) is 0 Å². The second-order valence-electron chi connectivity index (χ2n) is 4.33. The average Bonchev–Trinajstić information content (AvgIpc) is 2.39. The number of carboxylic acids is 1. The van der Waals surface area contributed by atoms with Crippen LogP contribution in [0.25, 0.3) is 0 Å². The molecule has 1 amide bonds. The molecular formula is C14H19NO4. The summed E-state index contributed by atoms with van der Waals surface area (Å²) in [5.41, 5.74) is 1.12. The largest absolute Gasteiger partial charge is 0.497 e. The highest BCUT2D eigenvalue weighted by Crippen LogP contribution is 2.13. The van der Waals surface area contributed by atoms with E-state index in [1.807, 2.05) is 24.3 Å². The van der Waals surface area contributed by atoms with Crippen LogP contribution in [0.2, 0.25) is 0 Å². The van der Waals surface area contributed by atoms with Crippen LogP contribution in [-0.2, 0) is 16.0 Å². The summed E-state index contributed by atoms with van der Waals surface area (Å²) in [5.74, 6) is -0.455. The Bertz CT molecular complexity index is 428. The summed E-state index contributed by atoms with van der Waals surface area (Å²) in [4.78, 5) is 22.0. The number of aliphatic carboxylic acids is 1. The van der Waals surface area contributed by atoms with Gasteiger partial charge in [-0.1, -0.05) is 12.1 Å². The van der Waals surface area contributed by atoms with Gasteiger partial charge in [0.05, 0.1) is 7.11 Å². The third-order valence-corrected chi connectivity index (χ3v) is 2.78. The zero-order chi connectivity index (χ0) is 14.3. The molecule has 0 aliphatic rings. The van der Waals surface area contributed by atoms with Gasteiger partial charge >= 0.3 is 5.97 Å². The summed E-state index contributed by atoms with van der Waals surface area (Å²) in [5, 5.41) is 11.1. The Labute approximate surface area is 112 Å². The molecule has 2 N–H and O–H groups in total. The van der Waals surface area contributed by atoms with Crippen molar-refractivity contribution in [1.29, 1.82) is 0 Å². The molecule has 5 nitrogen and oxygen atoms in total. The number of carbonyl (C=O) groups excluding carboxylic acids is 1. The lowest BCUT2D eigenvalue weighted by atomic mass is 10.1. The summed E-state index contributed by atoms with van der Waals surface area (Å²) < 4.78 is 5.06. The van der Waals surface area contributed by atoms with E-state index >= 15 is 0 Å². The predicted octanol–water partition coefficient (Wildman–Crippen LogP) is 1.61. The Morgan fingerprint density at radius 1 is 1.32 bits per heavy atom. The lowest BCUT2D eigenvalue weighted by Crippen LogP contribution is -2.38. The molecule has 0 aliphatic heterocycles. The van der Waals surface area contributed by atoms with Crippen LogP contribution < -0.4 is 10.1 Å². The smallest absolute Gasteiger partial charge is 0.325 e. The van der Waals surface area contributed by atoms with Crippen molar-refractivity contribution in [1.82, 2.24) is 5.32 Å². The van der Waals surface area contributed by atoms with Gasteiger partial charge in [0.15, 0.2) is 0 Å². The third kappa shape index (κ3) is 5.42. The normalized spacial score (nSPS) is 11.7. The number of carbonyl (C=O) groups is 2. The van der Waals surface area contributed by atoms with E-state index in [0.29, 0.717) is 12.8 Å². The van der Waals surface area contributed by atoms with Crippen molar-refractivity contribution >= 4 is 11.9 Å². The van der Waals surface area contributed by atoms with Crippen LogP contribution in [0.5, 0.6) is 5.75 Å². The van der Waals surface area contributed by atoms with Crippen molar-refractivity contribution in [3.05, 3.63) is 29.8 Å². The van der Waals surface area contributed by atoms with Crippen molar-refractivity contribution in [3.8, 4) is 5.75 Å². The number of benzene rings is 1. The minimum Gasteiger partial charge on any atom is -0.497 e. The molecule has 1 aromatic rings. The van der Waals surface area contributed by atoms with E-state index in [2.05, 4.69) is 5.32 Å². The van der Waals surface area contributed by atoms with Gasteiger partial charge in [-0.25, -0.2) is 0 Å². The Morgan fingerprint density at radius 3 is 2.47 bits per heavy atom. The monoisotopic (exact) mass is 265 g/mol. The van der Waals surface area contributed by atoms with Gasteiger partial charge in [-0.15, -0.1) is 0 Å². The highest BCUT2D eigenvalue weighted by molar-refractivity contribution is 5.83. The standard InChI is InChI=1S/C14H19NO4/c1-10(14(17)18)15-13(16)5-3-4-11-6-8-12(19-2)9-7-11/h6-10H,3-5H2,1-2H3,(H,15,16)(H,17,18)/t10-/m0/s1. The molecule has 0 bridgehead atoms. The Hall–Kier alpha value is -2.04. The molecule has 0 radical (unpaired) electrons. The van der Waals surface area contributed by atoms with Crippen LogP contribution in [-0.4, -0.2) is 30.1 Å². The summed E-state index contributed by atoms with van der Waals surface area (Å²) >= 11 is 0. The molecule has 0 saturated heterocycles. The number of aryl methyl sites for hydroxylation is 1. The van der Waals surface area contributed by atoms with Crippen molar-refractivity contribution in [2.45, 2.75) is 32.2 Å². The molecule has 1 aromatic carbocycles. The van der Waals surface area contributed by atoms with Crippen molar-refractivity contribution in [2.75, 3.05) is 7.11 Å². The molecule has 0 saturated carbocycles. The number of hydrogen-bond donors (Lipinski definition) is 2. The molecule has 19 heavy (non-hydrogen) atoms. The van der Waals surface area contributed by atoms with Crippen molar-refractivity contribution in [2.24, 2.45) is 0 Å². The van der Waals surface area contributed by atoms with E-state index in [9.17, 15) is 9.59 Å². The first-order chi connectivity index (χ1) is 9.02. The van der Waals surface area contributed by atoms with Gasteiger partial charge in [0.1, 0.15) is 11.8 Å². The van der Waals surface area contributed by atoms with Gasteiger partial charge < -0.3 is 15.2 Å². The lowest BCUT2D eigenvalue weighted by molar-refractivity contribution is -0.141. The molecule has 104 valence electrons. The van der Waals surface area contributed by atoms with Crippen LogP contribution in [0.15, 0.2) is 24.3 Å². The van der Waals surface area contributed by atoms with Crippen LogP contribution >= 0.6 is 0 Å². The number of hydrogen-bond acceptors (Lipinski definition) is 3. The number of carboxylic acid groups (broad SMARTS) is 1. The molecule has 0 aliphatic carbocycles. The van der Waals surface area contributed by atoms with Gasteiger partial charge in [-0.2, -0.15) is 0 Å². The number of amides is 1. The Morgan fingerprint density at radius 2 is 1.95 bits per heavy atom. The van der Waals surface area contributed by atoms with E-state index in [-0.39, 0.29) is 5.91 Å². The zero-order valence-corrected chi connectivity index (χ0v) is 11.2. The van der Waals surface area contributed by atoms with Gasteiger partial charge in [0.2, 0.25) is 5.91 Å². The molecule has 0 unspecified atom stereocenters. The zero-order valence-electron chi connectivity index (χ0n) is 11.2. The maximum absolute atomic E-state index is 11.5. The summed E-state index contributed by atoms with van der Waals surface area (Å²) in [7, 11) is 1.61. The quantitative estimate of drug-likeness (QED) is 0.785. The minimum absolute atomic E-state index is 0.233. The van der Waals surface area contributed by atoms with Crippen LogP contribution in [0.4, 0.5) is 0 Å². The molecule has 1 atom stereocenters. The Kier molecular flexibility index (Phi) is 5.85. The topological polar surface area (TPSA) is 75.6 Å². The van der Waals surface area contributed by atoms with Gasteiger partial charge in [0.25, 0.3) is 0 Å². The SMILES string of the molecule is COc1ccc(CCCC(=O)N[C@@H](C)C(=O)O)cc1. The van der Waals surface area contributed by atoms with E-state index in [4.69, 9.17) is 9.84 Å². The van der Waals surface area contributed by atoms with Crippen LogP contribution in [0.3, 0.4) is 0 Å². The summed E-state index contributed by atoms with van der Waals surface area (Å²) in [6.07, 6.45) is 1.78. The molecule has 0 spiro atoms. The molecular weight excluding hydrogens is 246 g/mol. The van der Waals surface area contributed by atoms with Crippen LogP contribution in [0.1, 0.15) is 25.3 Å². The first-order valence-corrected chi connectivity index (χ1v) is 6.18. The first-order valence-electron chi connectivity index (χ1n) is 6.18. The van der Waals surface area contributed by atoms with Gasteiger partial charge in [-0.3, -0.25) is 9.59 Å². The predicted molar refractivity (Wildman–Crippen MR) is 71.2 cm³/mol. The van der Waals surface area contributed by atoms with E-state index in [1.54, 1.807) is 7.11 Å². The third-order valence-electron chi connectivity index (χ3n) is 2.78. The average molecular weight is 265 g/mol. The number of nitrogens with one attached hydrogen (secondary N) is 1. The maximum Gasteiger partial charge on any atom is 0.325 e. The molecule has 0 heterocycles. The minimum atomic E-state index is -1.02. The summed E-state index contributed by atoms with van der Waals surface area (Å²) in [6.45, 7) is 1.45. The fourth-order valence-electron chi connectivity index (χ4n) is 1.62. The fourth-order valence-corrected chi connectivity index (χ4v) is 1.62. The Balaban J connectivity index is 2.29. The molecule has 5 heteroatoms. The van der Waals surface area contributed by atoms with Gasteiger partial charge in [-0.05, 0) is 37.5 Å². The van der Waals surface area contributed by atoms with Crippen LogP contribution in [0, 0.1) is 0 Å². The molecule has 0 aromatic heterocycles. The maximum atomic E-state index is 11.5. The van der Waals surface area contributed by atoms with E-state index < -0.39 is 12.0 Å². The van der Waals surface area contributed by atoms with Gasteiger partial charge in [0, 0.05) is 6.42 Å². The lowest BCUT2D eigenvalue weighted by Gasteiger charge is -2.09. The number of ether oxygens (including phenoxy) is 1. The molecule has 0 fully saturated rings. The highest BCUT2D eigenvalue weighted by Gasteiger charge is 2.13. The second kappa shape index (κ2) is 7.41. The van der Waals surface area contributed by atoms with E-state index in [0.717, 1.165) is 17.7 Å². The fraction of sp³-hybridized carbons (Fsp3) is 0.429. The van der Waals surface area contributed by atoms with E-state index in [1.165, 1.54) is 6.92 Å². The van der Waals surface area contributed by atoms with Crippen molar-refractivity contribution < 1.29 is 19.4 Å². The summed E-state index contributed by atoms with van der Waals surface area (Å²) in [6, 6.07) is 6.82. The second-order valence-corrected chi connectivity index (χ2v) is 4.33. The molecule has 1 rings (SSSR count). The number of rotatable bonds is 7. The first kappa shape index (κ1) is 15.0. The number of methoxy groups -OCH3 is 1.